The smallest absolute Gasteiger partial charge is 0.333 e. The molecule has 0 aliphatic carbocycles. The fourth-order valence-electron chi connectivity index (χ4n) is 2.11. The Morgan fingerprint density at radius 2 is 2.13 bits per heavy atom. The summed E-state index contributed by atoms with van der Waals surface area (Å²) in [4.78, 5) is 26.5. The lowest BCUT2D eigenvalue weighted by Gasteiger charge is -2.07. The van der Waals surface area contributed by atoms with Gasteiger partial charge in [-0.05, 0) is 25.5 Å². The summed E-state index contributed by atoms with van der Waals surface area (Å²) in [5.74, 6) is 0.534. The first kappa shape index (κ1) is 16.4. The van der Waals surface area contributed by atoms with Crippen LogP contribution in [0.25, 0.3) is 0 Å². The molecule has 122 valence electrons. The highest BCUT2D eigenvalue weighted by molar-refractivity contribution is 5.90. The van der Waals surface area contributed by atoms with Crippen LogP contribution in [0.3, 0.4) is 0 Å². The summed E-state index contributed by atoms with van der Waals surface area (Å²) in [6.07, 6.45) is 1.81. The Morgan fingerprint density at radius 3 is 2.74 bits per heavy atom. The molecule has 2 aromatic rings. The lowest BCUT2D eigenvalue weighted by molar-refractivity contribution is -0.384. The van der Waals surface area contributed by atoms with E-state index in [1.54, 1.807) is 26.2 Å². The molecule has 23 heavy (non-hydrogen) atoms. The largest absolute Gasteiger partial charge is 0.364 e. The second-order valence-corrected chi connectivity index (χ2v) is 5.11. The van der Waals surface area contributed by atoms with Gasteiger partial charge in [-0.15, -0.1) is 0 Å². The molecular weight excluding hydrogens is 300 g/mol. The van der Waals surface area contributed by atoms with Crippen molar-refractivity contribution in [2.45, 2.75) is 20.3 Å². The van der Waals surface area contributed by atoms with Crippen molar-refractivity contribution >= 4 is 23.2 Å². The van der Waals surface area contributed by atoms with Crippen LogP contribution < -0.4 is 10.6 Å². The standard InChI is InChI=1S/C14H18N6O3/c1-9-4-5-11(16-8-9)17-12(21)6-7-15-14-13(20(22)23)10(2)18-19(14)3/h4-5,8,15H,6-7H2,1-3H3,(H,16,17,21). The highest BCUT2D eigenvalue weighted by Gasteiger charge is 2.23. The van der Waals surface area contributed by atoms with Gasteiger partial charge in [-0.3, -0.25) is 14.9 Å². The van der Waals surface area contributed by atoms with Crippen LogP contribution in [0.5, 0.6) is 0 Å². The van der Waals surface area contributed by atoms with Gasteiger partial charge in [0.05, 0.1) is 4.92 Å². The Balaban J connectivity index is 1.91. The van der Waals surface area contributed by atoms with E-state index in [1.165, 1.54) is 4.68 Å². The van der Waals surface area contributed by atoms with Crippen LogP contribution in [0.2, 0.25) is 0 Å². The van der Waals surface area contributed by atoms with Gasteiger partial charge in [0.15, 0.2) is 0 Å². The number of pyridine rings is 1. The van der Waals surface area contributed by atoms with Gasteiger partial charge in [0.1, 0.15) is 11.5 Å². The number of aromatic nitrogens is 3. The number of nitrogens with zero attached hydrogens (tertiary/aromatic N) is 4. The van der Waals surface area contributed by atoms with Crippen molar-refractivity contribution in [1.82, 2.24) is 14.8 Å². The summed E-state index contributed by atoms with van der Waals surface area (Å²) in [6.45, 7) is 3.72. The molecule has 2 N–H and O–H groups in total. The molecule has 0 spiro atoms. The van der Waals surface area contributed by atoms with Crippen molar-refractivity contribution in [2.24, 2.45) is 7.05 Å². The van der Waals surface area contributed by atoms with Crippen LogP contribution in [0, 0.1) is 24.0 Å². The third-order valence-corrected chi connectivity index (χ3v) is 3.20. The maximum Gasteiger partial charge on any atom is 0.333 e. The van der Waals surface area contributed by atoms with Crippen LogP contribution in [0.15, 0.2) is 18.3 Å². The van der Waals surface area contributed by atoms with E-state index in [1.807, 2.05) is 13.0 Å². The summed E-state index contributed by atoms with van der Waals surface area (Å²) in [5, 5.41) is 20.6. The Kier molecular flexibility index (Phi) is 4.89. The molecule has 0 fully saturated rings. The fraction of sp³-hybridized carbons (Fsp3) is 0.357. The van der Waals surface area contributed by atoms with Gasteiger partial charge >= 0.3 is 5.69 Å². The molecule has 2 aromatic heterocycles. The first-order valence-corrected chi connectivity index (χ1v) is 7.03. The minimum Gasteiger partial charge on any atom is -0.364 e. The highest BCUT2D eigenvalue weighted by Crippen LogP contribution is 2.26. The summed E-state index contributed by atoms with van der Waals surface area (Å²) in [7, 11) is 1.61. The molecule has 9 heteroatoms. The number of rotatable bonds is 6. The number of hydrogen-bond acceptors (Lipinski definition) is 6. The fourth-order valence-corrected chi connectivity index (χ4v) is 2.11. The molecule has 0 aliphatic rings. The zero-order valence-electron chi connectivity index (χ0n) is 13.2. The molecule has 0 atom stereocenters. The van der Waals surface area contributed by atoms with E-state index in [9.17, 15) is 14.9 Å². The van der Waals surface area contributed by atoms with Crippen LogP contribution in [0.1, 0.15) is 17.7 Å². The van der Waals surface area contributed by atoms with Crippen molar-refractivity contribution in [3.63, 3.8) is 0 Å². The van der Waals surface area contributed by atoms with Crippen LogP contribution in [-0.2, 0) is 11.8 Å². The Hall–Kier alpha value is -2.97. The van der Waals surface area contributed by atoms with Gasteiger partial charge in [0, 0.05) is 26.2 Å². The van der Waals surface area contributed by atoms with Gasteiger partial charge in [-0.25, -0.2) is 9.67 Å². The average Bonchev–Trinajstić information content (AvgIpc) is 2.76. The number of aryl methyl sites for hydroxylation is 3. The van der Waals surface area contributed by atoms with E-state index >= 15 is 0 Å². The first-order chi connectivity index (χ1) is 10.9. The minimum atomic E-state index is -0.485. The molecule has 0 saturated heterocycles. The van der Waals surface area contributed by atoms with Gasteiger partial charge in [0.25, 0.3) is 0 Å². The number of carbonyl (C=O) groups excluding carboxylic acids is 1. The van der Waals surface area contributed by atoms with E-state index in [4.69, 9.17) is 0 Å². The number of nitrogens with one attached hydrogen (secondary N) is 2. The van der Waals surface area contributed by atoms with E-state index < -0.39 is 4.92 Å². The predicted octanol–water partition coefficient (Wildman–Crippen LogP) is 1.78. The normalized spacial score (nSPS) is 10.4. The predicted molar refractivity (Wildman–Crippen MR) is 85.3 cm³/mol. The van der Waals surface area contributed by atoms with E-state index in [2.05, 4.69) is 20.7 Å². The van der Waals surface area contributed by atoms with E-state index in [0.717, 1.165) is 5.56 Å². The molecule has 0 unspecified atom stereocenters. The summed E-state index contributed by atoms with van der Waals surface area (Å²) >= 11 is 0. The molecule has 1 amide bonds. The molecular formula is C14H18N6O3. The van der Waals surface area contributed by atoms with E-state index in [-0.39, 0.29) is 30.4 Å². The Morgan fingerprint density at radius 1 is 1.39 bits per heavy atom. The zero-order valence-corrected chi connectivity index (χ0v) is 13.2. The zero-order chi connectivity index (χ0) is 17.0. The van der Waals surface area contributed by atoms with Gasteiger partial charge in [-0.1, -0.05) is 6.07 Å². The van der Waals surface area contributed by atoms with Gasteiger partial charge in [-0.2, -0.15) is 5.10 Å². The van der Waals surface area contributed by atoms with Crippen LogP contribution in [-0.4, -0.2) is 32.1 Å². The molecule has 0 radical (unpaired) electrons. The van der Waals surface area contributed by atoms with Crippen LogP contribution >= 0.6 is 0 Å². The van der Waals surface area contributed by atoms with Crippen molar-refractivity contribution < 1.29 is 9.72 Å². The number of amides is 1. The maximum absolute atomic E-state index is 11.8. The van der Waals surface area contributed by atoms with Crippen molar-refractivity contribution in [1.29, 1.82) is 0 Å². The quantitative estimate of drug-likeness (QED) is 0.619. The number of hydrogen-bond donors (Lipinski definition) is 2. The Bertz CT molecular complexity index is 723. The van der Waals surface area contributed by atoms with Crippen LogP contribution in [0.4, 0.5) is 17.3 Å². The number of anilines is 2. The SMILES string of the molecule is Cc1ccc(NC(=O)CCNc2c([N+](=O)[O-])c(C)nn2C)nc1. The van der Waals surface area contributed by atoms with Gasteiger partial charge in [0.2, 0.25) is 11.7 Å². The van der Waals surface area contributed by atoms with E-state index in [0.29, 0.717) is 11.5 Å². The number of nitro groups is 1. The molecule has 0 saturated carbocycles. The third kappa shape index (κ3) is 4.02. The molecule has 0 aliphatic heterocycles. The third-order valence-electron chi connectivity index (χ3n) is 3.20. The monoisotopic (exact) mass is 318 g/mol. The molecule has 0 bridgehead atoms. The van der Waals surface area contributed by atoms with Gasteiger partial charge < -0.3 is 10.6 Å². The second kappa shape index (κ2) is 6.86. The lowest BCUT2D eigenvalue weighted by atomic mass is 10.3. The molecule has 0 aromatic carbocycles. The van der Waals surface area contributed by atoms with Crippen molar-refractivity contribution in [2.75, 3.05) is 17.2 Å². The summed E-state index contributed by atoms with van der Waals surface area (Å²) in [6, 6.07) is 3.57. The first-order valence-electron chi connectivity index (χ1n) is 7.03. The maximum atomic E-state index is 11.8. The summed E-state index contributed by atoms with van der Waals surface area (Å²) in [5.41, 5.74) is 1.25. The molecule has 2 heterocycles. The second-order valence-electron chi connectivity index (χ2n) is 5.11. The highest BCUT2D eigenvalue weighted by atomic mass is 16.6. The minimum absolute atomic E-state index is 0.0758. The molecule has 9 nitrogen and oxygen atoms in total. The lowest BCUT2D eigenvalue weighted by Crippen LogP contribution is -2.18. The van der Waals surface area contributed by atoms with Crippen molar-refractivity contribution in [3.05, 3.63) is 39.7 Å². The molecule has 2 rings (SSSR count). The van der Waals surface area contributed by atoms with Crippen molar-refractivity contribution in [3.8, 4) is 0 Å². The topological polar surface area (TPSA) is 115 Å². The number of carbonyl (C=O) groups is 1. The Labute approximate surface area is 132 Å². The average molecular weight is 318 g/mol. The summed E-state index contributed by atoms with van der Waals surface area (Å²) < 4.78 is 1.40.